The smallest absolute Gasteiger partial charge is 0.312 e. The van der Waals surface area contributed by atoms with E-state index in [0.717, 1.165) is 96.2 Å². The van der Waals surface area contributed by atoms with Gasteiger partial charge in [0.05, 0.1) is 11.1 Å². The fourth-order valence-corrected chi connectivity index (χ4v) is 10.5. The van der Waals surface area contributed by atoms with Gasteiger partial charge in [-0.05, 0) is 94.8 Å². The van der Waals surface area contributed by atoms with Gasteiger partial charge in [0.1, 0.15) is 0 Å². The molecule has 2 aromatic heterocycles. The third-order valence-corrected chi connectivity index (χ3v) is 13.8. The van der Waals surface area contributed by atoms with Crippen LogP contribution in [-0.4, -0.2) is 35.7 Å². The zero-order valence-electron chi connectivity index (χ0n) is 33.9. The Labute approximate surface area is 359 Å². The summed E-state index contributed by atoms with van der Waals surface area (Å²) in [7, 11) is 0. The highest BCUT2D eigenvalue weighted by molar-refractivity contribution is 7.16. The molecule has 1 aliphatic carbocycles. The SMILES string of the molecule is CCCCCCCCC1(CCCCCCCC)c2cc(-c3ccc(C=C4C(=O)ON=C4C(F)(F)F)s3)ccc2-c2ccc(-c3ccc(C=C4C(=O)ON=C4C(F)(F)F)s3)cc21. The van der Waals surface area contributed by atoms with E-state index in [-0.39, 0.29) is 5.41 Å². The van der Waals surface area contributed by atoms with Gasteiger partial charge in [0.2, 0.25) is 0 Å². The molecule has 2 aliphatic heterocycles. The molecule has 0 radical (unpaired) electrons. The first-order valence-corrected chi connectivity index (χ1v) is 22.5. The molecule has 0 spiro atoms. The first-order valence-electron chi connectivity index (χ1n) is 20.9. The molecule has 0 bridgehead atoms. The van der Waals surface area contributed by atoms with E-state index in [0.29, 0.717) is 9.75 Å². The van der Waals surface area contributed by atoms with Crippen molar-refractivity contribution in [3.8, 4) is 32.0 Å². The van der Waals surface area contributed by atoms with Gasteiger partial charge in [0.15, 0.2) is 11.4 Å². The normalized spacial score (nSPS) is 17.2. The summed E-state index contributed by atoms with van der Waals surface area (Å²) in [4.78, 5) is 35.8. The van der Waals surface area contributed by atoms with Crippen LogP contribution in [0.3, 0.4) is 0 Å². The number of hydrogen-bond donors (Lipinski definition) is 0. The Morgan fingerprint density at radius 3 is 1.34 bits per heavy atom. The van der Waals surface area contributed by atoms with Crippen LogP contribution < -0.4 is 0 Å². The summed E-state index contributed by atoms with van der Waals surface area (Å²) in [5.74, 6) is -2.30. The van der Waals surface area contributed by atoms with Gasteiger partial charge in [-0.2, -0.15) is 26.3 Å². The van der Waals surface area contributed by atoms with Crippen LogP contribution in [-0.2, 0) is 24.7 Å². The molecule has 4 heterocycles. The van der Waals surface area contributed by atoms with Crippen molar-refractivity contribution in [1.82, 2.24) is 0 Å². The van der Waals surface area contributed by atoms with E-state index in [1.54, 1.807) is 12.1 Å². The summed E-state index contributed by atoms with van der Waals surface area (Å²) >= 11 is 2.56. The van der Waals surface area contributed by atoms with Gasteiger partial charge in [-0.25, -0.2) is 9.59 Å². The number of nitrogens with zero attached hydrogens (tertiary/aromatic N) is 2. The molecule has 4 aromatic rings. The monoisotopic (exact) mass is 880 g/mol. The average Bonchev–Trinajstić information content (AvgIpc) is 4.07. The van der Waals surface area contributed by atoms with E-state index in [1.165, 1.54) is 71.6 Å². The summed E-state index contributed by atoms with van der Waals surface area (Å²) in [6, 6.07) is 19.9. The summed E-state index contributed by atoms with van der Waals surface area (Å²) in [6.45, 7) is 4.40. The zero-order chi connectivity index (χ0) is 43.4. The van der Waals surface area contributed by atoms with Gasteiger partial charge >= 0.3 is 24.3 Å². The lowest BCUT2D eigenvalue weighted by atomic mass is 9.70. The molecule has 61 heavy (non-hydrogen) atoms. The van der Waals surface area contributed by atoms with Crippen molar-refractivity contribution in [2.45, 2.75) is 122 Å². The average molecular weight is 881 g/mol. The van der Waals surface area contributed by atoms with Gasteiger partial charge in [0, 0.05) is 24.9 Å². The number of hydrogen-bond acceptors (Lipinski definition) is 8. The van der Waals surface area contributed by atoms with Crippen LogP contribution in [0.4, 0.5) is 26.3 Å². The summed E-state index contributed by atoms with van der Waals surface area (Å²) in [5.41, 5.74) is 2.16. The van der Waals surface area contributed by atoms with Crippen molar-refractivity contribution in [3.05, 3.63) is 92.7 Å². The second kappa shape index (κ2) is 18.7. The maximum Gasteiger partial charge on any atom is 0.437 e. The Morgan fingerprint density at radius 2 is 0.951 bits per heavy atom. The summed E-state index contributed by atoms with van der Waals surface area (Å²) in [6.07, 6.45) is 8.03. The third-order valence-electron chi connectivity index (χ3n) is 11.6. The second-order valence-electron chi connectivity index (χ2n) is 15.8. The van der Waals surface area contributed by atoms with E-state index >= 15 is 0 Å². The van der Waals surface area contributed by atoms with Gasteiger partial charge in [0.25, 0.3) is 0 Å². The number of fused-ring (bicyclic) bond motifs is 3. The number of thiophene rings is 2. The molecule has 322 valence electrons. The molecule has 0 fully saturated rings. The van der Waals surface area contributed by atoms with Crippen molar-refractivity contribution in [2.24, 2.45) is 10.3 Å². The molecule has 7 rings (SSSR count). The van der Waals surface area contributed by atoms with Crippen molar-refractivity contribution < 1.29 is 45.6 Å². The minimum absolute atomic E-state index is 0.353. The van der Waals surface area contributed by atoms with E-state index in [4.69, 9.17) is 0 Å². The Morgan fingerprint density at radius 1 is 0.557 bits per heavy atom. The largest absolute Gasteiger partial charge is 0.437 e. The number of halogens is 6. The van der Waals surface area contributed by atoms with E-state index in [9.17, 15) is 35.9 Å². The second-order valence-corrected chi connectivity index (χ2v) is 18.0. The fraction of sp³-hybridized carbons (Fsp3) is 0.404. The molecule has 2 aromatic carbocycles. The standard InChI is InChI=1S/C47H46F6N2O4S2/c1-3-5-7-9-11-13-23-45(24-14-12-10-8-6-4-2)37-25-29(39-21-17-31(60-39)27-35-41(46(48,49)50)54-58-43(35)56)15-19-33(37)34-20-16-30(26-38(34)45)40-22-18-32(61-40)28-36-42(47(51,52)53)55-59-44(36)57/h15-22,25-28H,3-14,23-24H2,1-2H3. The van der Waals surface area contributed by atoms with Crippen LogP contribution in [0.5, 0.6) is 0 Å². The molecular weight excluding hydrogens is 835 g/mol. The molecular formula is C47H46F6N2O4S2. The topological polar surface area (TPSA) is 77.3 Å². The highest BCUT2D eigenvalue weighted by Crippen LogP contribution is 2.56. The van der Waals surface area contributed by atoms with Gasteiger partial charge in [-0.15, -0.1) is 22.7 Å². The number of benzene rings is 2. The van der Waals surface area contributed by atoms with Crippen LogP contribution in [0.15, 0.2) is 82.1 Å². The third kappa shape index (κ3) is 9.65. The molecule has 0 amide bonds. The number of oxime groups is 2. The Balaban J connectivity index is 1.27. The molecule has 0 saturated carbocycles. The Kier molecular flexibility index (Phi) is 13.5. The molecule has 0 unspecified atom stereocenters. The number of alkyl halides is 6. The number of carbonyl (C=O) groups excluding carboxylic acids is 2. The number of carbonyl (C=O) groups is 2. The highest BCUT2D eigenvalue weighted by Gasteiger charge is 2.47. The molecule has 6 nitrogen and oxygen atoms in total. The van der Waals surface area contributed by atoms with Crippen molar-refractivity contribution in [1.29, 1.82) is 0 Å². The first kappa shape index (κ1) is 44.2. The van der Waals surface area contributed by atoms with Crippen LogP contribution in [0, 0.1) is 0 Å². The van der Waals surface area contributed by atoms with Crippen LogP contribution in [0.1, 0.15) is 125 Å². The van der Waals surface area contributed by atoms with Crippen molar-refractivity contribution in [3.63, 3.8) is 0 Å². The predicted octanol–water partition coefficient (Wildman–Crippen LogP) is 14.6. The van der Waals surface area contributed by atoms with Gasteiger partial charge in [-0.3, -0.25) is 0 Å². The molecule has 0 N–H and O–H groups in total. The quantitative estimate of drug-likeness (QED) is 0.0432. The molecule has 14 heteroatoms. The molecule has 3 aliphatic rings. The van der Waals surface area contributed by atoms with E-state index in [2.05, 4.69) is 58.1 Å². The van der Waals surface area contributed by atoms with Crippen molar-refractivity contribution in [2.75, 3.05) is 0 Å². The summed E-state index contributed by atoms with van der Waals surface area (Å²) in [5, 5.41) is 5.95. The maximum atomic E-state index is 13.6. The minimum atomic E-state index is -4.84. The Bertz CT molecular complexity index is 2230. The highest BCUT2D eigenvalue weighted by atomic mass is 32.1. The number of rotatable bonds is 18. The molecule has 0 atom stereocenters. The zero-order valence-corrected chi connectivity index (χ0v) is 35.6. The fourth-order valence-electron chi connectivity index (χ4n) is 8.56. The first-order chi connectivity index (χ1) is 29.2. The van der Waals surface area contributed by atoms with Crippen LogP contribution in [0.2, 0.25) is 0 Å². The van der Waals surface area contributed by atoms with Gasteiger partial charge in [-0.1, -0.05) is 125 Å². The lowest BCUT2D eigenvalue weighted by Crippen LogP contribution is -2.25. The van der Waals surface area contributed by atoms with Crippen LogP contribution in [0.25, 0.3) is 44.2 Å². The van der Waals surface area contributed by atoms with E-state index < -0.39 is 46.9 Å². The van der Waals surface area contributed by atoms with Crippen molar-refractivity contribution >= 4 is 58.2 Å². The minimum Gasteiger partial charge on any atom is -0.312 e. The van der Waals surface area contributed by atoms with E-state index in [1.807, 2.05) is 24.3 Å². The summed E-state index contributed by atoms with van der Waals surface area (Å²) < 4.78 is 81.6. The lowest BCUT2D eigenvalue weighted by Gasteiger charge is -2.33. The molecule has 0 saturated heterocycles. The lowest BCUT2D eigenvalue weighted by molar-refractivity contribution is -0.137. The van der Waals surface area contributed by atoms with Gasteiger partial charge < -0.3 is 9.68 Å². The Hall–Kier alpha value is -4.82. The maximum absolute atomic E-state index is 13.6. The van der Waals surface area contributed by atoms with Crippen LogP contribution >= 0.6 is 22.7 Å². The predicted molar refractivity (Wildman–Crippen MR) is 230 cm³/mol. The number of unbranched alkanes of at least 4 members (excludes halogenated alkanes) is 10.